The fraction of sp³-hybridized carbons (Fsp3) is 0.500. The maximum Gasteiger partial charge on any atom is 0.224 e. The van der Waals surface area contributed by atoms with Gasteiger partial charge >= 0.3 is 0 Å². The molecule has 1 aromatic rings. The van der Waals surface area contributed by atoms with Crippen molar-refractivity contribution in [2.75, 3.05) is 11.9 Å². The van der Waals surface area contributed by atoms with Gasteiger partial charge in [0.2, 0.25) is 5.91 Å². The predicted octanol–water partition coefficient (Wildman–Crippen LogP) is 2.70. The first-order valence-corrected chi connectivity index (χ1v) is 6.18. The molecule has 1 aromatic carbocycles. The van der Waals surface area contributed by atoms with E-state index in [4.69, 9.17) is 5.73 Å². The topological polar surface area (TPSA) is 55.1 Å². The van der Waals surface area contributed by atoms with Crippen LogP contribution in [-0.4, -0.2) is 12.5 Å². The fourth-order valence-electron chi connectivity index (χ4n) is 1.75. The molecular formula is C14H22N2O. The summed E-state index contributed by atoms with van der Waals surface area (Å²) in [6, 6.07) is 7.84. The molecular weight excluding hydrogens is 212 g/mol. The van der Waals surface area contributed by atoms with Gasteiger partial charge in [-0.05, 0) is 49.9 Å². The number of anilines is 1. The zero-order valence-electron chi connectivity index (χ0n) is 10.7. The van der Waals surface area contributed by atoms with Gasteiger partial charge in [0.1, 0.15) is 0 Å². The SMILES string of the molecule is Cc1cccc(NC(=O)CCC(C)CCN)c1. The zero-order valence-corrected chi connectivity index (χ0v) is 10.7. The number of carbonyl (C=O) groups excluding carboxylic acids is 1. The molecule has 0 radical (unpaired) electrons. The van der Waals surface area contributed by atoms with Crippen LogP contribution in [0.5, 0.6) is 0 Å². The molecule has 0 aromatic heterocycles. The van der Waals surface area contributed by atoms with E-state index in [0.717, 1.165) is 24.1 Å². The van der Waals surface area contributed by atoms with Crippen LogP contribution in [0.2, 0.25) is 0 Å². The Labute approximate surface area is 103 Å². The smallest absolute Gasteiger partial charge is 0.224 e. The van der Waals surface area contributed by atoms with Crippen molar-refractivity contribution in [2.45, 2.75) is 33.1 Å². The summed E-state index contributed by atoms with van der Waals surface area (Å²) in [6.45, 7) is 4.84. The van der Waals surface area contributed by atoms with Crippen LogP contribution in [0.15, 0.2) is 24.3 Å². The highest BCUT2D eigenvalue weighted by molar-refractivity contribution is 5.90. The van der Waals surface area contributed by atoms with E-state index in [1.165, 1.54) is 0 Å². The van der Waals surface area contributed by atoms with E-state index in [2.05, 4.69) is 12.2 Å². The Hall–Kier alpha value is -1.35. The first-order valence-electron chi connectivity index (χ1n) is 6.18. The maximum absolute atomic E-state index is 11.7. The van der Waals surface area contributed by atoms with Crippen LogP contribution in [0, 0.1) is 12.8 Å². The van der Waals surface area contributed by atoms with Gasteiger partial charge in [-0.1, -0.05) is 19.1 Å². The third-order valence-electron chi connectivity index (χ3n) is 2.83. The highest BCUT2D eigenvalue weighted by atomic mass is 16.1. The van der Waals surface area contributed by atoms with Crippen molar-refractivity contribution in [3.8, 4) is 0 Å². The average molecular weight is 234 g/mol. The van der Waals surface area contributed by atoms with Gasteiger partial charge in [0.25, 0.3) is 0 Å². The zero-order chi connectivity index (χ0) is 12.7. The van der Waals surface area contributed by atoms with Crippen LogP contribution in [0.25, 0.3) is 0 Å². The Morgan fingerprint density at radius 2 is 2.18 bits per heavy atom. The molecule has 1 rings (SSSR count). The lowest BCUT2D eigenvalue weighted by molar-refractivity contribution is -0.116. The molecule has 17 heavy (non-hydrogen) atoms. The van der Waals surface area contributed by atoms with Gasteiger partial charge in [-0.2, -0.15) is 0 Å². The largest absolute Gasteiger partial charge is 0.330 e. The van der Waals surface area contributed by atoms with Crippen LogP contribution in [-0.2, 0) is 4.79 Å². The quantitative estimate of drug-likeness (QED) is 0.795. The Kier molecular flexibility index (Phi) is 5.70. The van der Waals surface area contributed by atoms with Crippen LogP contribution < -0.4 is 11.1 Å². The van der Waals surface area contributed by atoms with Crippen molar-refractivity contribution in [3.63, 3.8) is 0 Å². The van der Waals surface area contributed by atoms with E-state index in [1.54, 1.807) is 0 Å². The lowest BCUT2D eigenvalue weighted by atomic mass is 10.0. The molecule has 0 aliphatic carbocycles. The minimum atomic E-state index is 0.0828. The molecule has 0 heterocycles. The Bertz CT molecular complexity index is 363. The second-order valence-corrected chi connectivity index (χ2v) is 4.64. The minimum Gasteiger partial charge on any atom is -0.330 e. The van der Waals surface area contributed by atoms with Crippen molar-refractivity contribution >= 4 is 11.6 Å². The van der Waals surface area contributed by atoms with Crippen LogP contribution in [0.4, 0.5) is 5.69 Å². The average Bonchev–Trinajstić information content (AvgIpc) is 2.27. The summed E-state index contributed by atoms with van der Waals surface area (Å²) in [4.78, 5) is 11.7. The van der Waals surface area contributed by atoms with Crippen molar-refractivity contribution in [3.05, 3.63) is 29.8 Å². The fourth-order valence-corrected chi connectivity index (χ4v) is 1.75. The standard InChI is InChI=1S/C14H22N2O/c1-11(8-9-15)6-7-14(17)16-13-5-3-4-12(2)10-13/h3-5,10-11H,6-9,15H2,1-2H3,(H,16,17). The molecule has 0 fully saturated rings. The van der Waals surface area contributed by atoms with Crippen molar-refractivity contribution in [1.82, 2.24) is 0 Å². The molecule has 1 unspecified atom stereocenters. The molecule has 3 heteroatoms. The first kappa shape index (κ1) is 13.7. The van der Waals surface area contributed by atoms with Gasteiger partial charge in [0, 0.05) is 12.1 Å². The summed E-state index contributed by atoms with van der Waals surface area (Å²) in [6.07, 6.45) is 2.45. The molecule has 3 nitrogen and oxygen atoms in total. The number of amides is 1. The highest BCUT2D eigenvalue weighted by Crippen LogP contribution is 2.13. The van der Waals surface area contributed by atoms with Gasteiger partial charge in [0.05, 0.1) is 0 Å². The van der Waals surface area contributed by atoms with Crippen molar-refractivity contribution < 1.29 is 4.79 Å². The maximum atomic E-state index is 11.7. The molecule has 0 aliphatic heterocycles. The third-order valence-corrected chi connectivity index (χ3v) is 2.83. The number of benzene rings is 1. The van der Waals surface area contributed by atoms with Gasteiger partial charge in [-0.15, -0.1) is 0 Å². The molecule has 1 amide bonds. The minimum absolute atomic E-state index is 0.0828. The number of aryl methyl sites for hydroxylation is 1. The van der Waals surface area contributed by atoms with E-state index in [1.807, 2.05) is 31.2 Å². The third kappa shape index (κ3) is 5.50. The molecule has 0 spiro atoms. The molecule has 3 N–H and O–H groups in total. The number of hydrogen-bond donors (Lipinski definition) is 2. The highest BCUT2D eigenvalue weighted by Gasteiger charge is 2.06. The second-order valence-electron chi connectivity index (χ2n) is 4.64. The number of nitrogens with two attached hydrogens (primary N) is 1. The molecule has 0 aliphatic rings. The lowest BCUT2D eigenvalue weighted by Gasteiger charge is -2.10. The number of hydrogen-bond acceptors (Lipinski definition) is 2. The summed E-state index contributed by atoms with van der Waals surface area (Å²) >= 11 is 0. The van der Waals surface area contributed by atoms with Crippen molar-refractivity contribution in [1.29, 1.82) is 0 Å². The van der Waals surface area contributed by atoms with E-state index in [0.29, 0.717) is 18.9 Å². The first-order chi connectivity index (χ1) is 8.11. The number of nitrogens with one attached hydrogen (secondary N) is 1. The lowest BCUT2D eigenvalue weighted by Crippen LogP contribution is -2.14. The summed E-state index contributed by atoms with van der Waals surface area (Å²) in [5.74, 6) is 0.600. The van der Waals surface area contributed by atoms with E-state index in [9.17, 15) is 4.79 Å². The molecule has 94 valence electrons. The molecule has 0 saturated heterocycles. The van der Waals surface area contributed by atoms with Crippen LogP contribution >= 0.6 is 0 Å². The van der Waals surface area contributed by atoms with Gasteiger partial charge in [-0.25, -0.2) is 0 Å². The number of rotatable bonds is 6. The van der Waals surface area contributed by atoms with Crippen LogP contribution in [0.1, 0.15) is 31.7 Å². The summed E-state index contributed by atoms with van der Waals surface area (Å²) < 4.78 is 0. The van der Waals surface area contributed by atoms with Crippen molar-refractivity contribution in [2.24, 2.45) is 11.7 Å². The molecule has 0 bridgehead atoms. The monoisotopic (exact) mass is 234 g/mol. The van der Waals surface area contributed by atoms with E-state index >= 15 is 0 Å². The van der Waals surface area contributed by atoms with Gasteiger partial charge < -0.3 is 11.1 Å². The van der Waals surface area contributed by atoms with Gasteiger partial charge in [-0.3, -0.25) is 4.79 Å². The number of carbonyl (C=O) groups is 1. The summed E-state index contributed by atoms with van der Waals surface area (Å²) in [7, 11) is 0. The second kappa shape index (κ2) is 7.07. The van der Waals surface area contributed by atoms with E-state index in [-0.39, 0.29) is 5.91 Å². The predicted molar refractivity (Wildman–Crippen MR) is 71.9 cm³/mol. The van der Waals surface area contributed by atoms with Gasteiger partial charge in [0.15, 0.2) is 0 Å². The van der Waals surface area contributed by atoms with E-state index < -0.39 is 0 Å². The summed E-state index contributed by atoms with van der Waals surface area (Å²) in [5.41, 5.74) is 7.50. The normalized spacial score (nSPS) is 12.2. The molecule has 1 atom stereocenters. The Balaban J connectivity index is 2.34. The Morgan fingerprint density at radius 1 is 1.41 bits per heavy atom. The molecule has 0 saturated carbocycles. The Morgan fingerprint density at radius 3 is 2.82 bits per heavy atom. The summed E-state index contributed by atoms with van der Waals surface area (Å²) in [5, 5.41) is 2.91. The van der Waals surface area contributed by atoms with Crippen LogP contribution in [0.3, 0.4) is 0 Å².